The maximum Gasteiger partial charge on any atom is 0.255 e. The zero-order valence-corrected chi connectivity index (χ0v) is 18.1. The van der Waals surface area contributed by atoms with Gasteiger partial charge < -0.3 is 19.5 Å². The van der Waals surface area contributed by atoms with Gasteiger partial charge in [-0.2, -0.15) is 0 Å². The molecule has 0 radical (unpaired) electrons. The minimum absolute atomic E-state index is 0.178. The number of methoxy groups -OCH3 is 1. The monoisotopic (exact) mass is 412 g/mol. The summed E-state index contributed by atoms with van der Waals surface area (Å²) >= 11 is 0. The van der Waals surface area contributed by atoms with Crippen molar-refractivity contribution in [2.24, 2.45) is 5.92 Å². The van der Waals surface area contributed by atoms with E-state index in [1.165, 1.54) is 5.56 Å². The van der Waals surface area contributed by atoms with Crippen LogP contribution < -0.4 is 14.8 Å². The summed E-state index contributed by atoms with van der Waals surface area (Å²) in [6, 6.07) is 13.2. The van der Waals surface area contributed by atoms with Crippen molar-refractivity contribution in [1.82, 2.24) is 4.90 Å². The van der Waals surface area contributed by atoms with Gasteiger partial charge in [0, 0.05) is 30.9 Å². The highest BCUT2D eigenvalue weighted by molar-refractivity contribution is 6.04. The van der Waals surface area contributed by atoms with Crippen molar-refractivity contribution in [2.45, 2.75) is 26.8 Å². The summed E-state index contributed by atoms with van der Waals surface area (Å²) in [4.78, 5) is 15.0. The number of rotatable bonds is 9. The van der Waals surface area contributed by atoms with E-state index in [0.29, 0.717) is 29.6 Å². The number of anilines is 1. The largest absolute Gasteiger partial charge is 0.493 e. The maximum absolute atomic E-state index is 12.7. The van der Waals surface area contributed by atoms with Crippen LogP contribution in [0.3, 0.4) is 0 Å². The predicted molar refractivity (Wildman–Crippen MR) is 118 cm³/mol. The highest BCUT2D eigenvalue weighted by Gasteiger charge is 2.13. The Balaban J connectivity index is 1.58. The van der Waals surface area contributed by atoms with Gasteiger partial charge in [0.25, 0.3) is 5.91 Å². The maximum atomic E-state index is 12.7. The molecule has 0 unspecified atom stereocenters. The van der Waals surface area contributed by atoms with Crippen LogP contribution in [0.5, 0.6) is 11.5 Å². The number of hydrogen-bond acceptors (Lipinski definition) is 5. The van der Waals surface area contributed by atoms with Gasteiger partial charge in [0.15, 0.2) is 11.5 Å². The van der Waals surface area contributed by atoms with E-state index in [2.05, 4.69) is 36.2 Å². The van der Waals surface area contributed by atoms with Gasteiger partial charge in [-0.25, -0.2) is 0 Å². The molecule has 1 aliphatic heterocycles. The van der Waals surface area contributed by atoms with Crippen LogP contribution in [0.1, 0.15) is 36.2 Å². The molecule has 2 aromatic rings. The third kappa shape index (κ3) is 6.47. The van der Waals surface area contributed by atoms with E-state index in [-0.39, 0.29) is 5.91 Å². The molecular weight excluding hydrogens is 380 g/mol. The van der Waals surface area contributed by atoms with Gasteiger partial charge in [0.1, 0.15) is 0 Å². The molecule has 1 amide bonds. The number of hydrogen-bond donors (Lipinski definition) is 1. The lowest BCUT2D eigenvalue weighted by molar-refractivity contribution is 0.0342. The fourth-order valence-electron chi connectivity index (χ4n) is 3.25. The first-order valence-electron chi connectivity index (χ1n) is 10.6. The summed E-state index contributed by atoms with van der Waals surface area (Å²) in [5.41, 5.74) is 2.52. The quantitative estimate of drug-likeness (QED) is 0.669. The number of morpholine rings is 1. The summed E-state index contributed by atoms with van der Waals surface area (Å²) in [5, 5.41) is 2.95. The van der Waals surface area contributed by atoms with E-state index in [1.54, 1.807) is 25.3 Å². The van der Waals surface area contributed by atoms with Crippen molar-refractivity contribution in [3.05, 3.63) is 53.6 Å². The summed E-state index contributed by atoms with van der Waals surface area (Å²) < 4.78 is 16.6. The van der Waals surface area contributed by atoms with Crippen molar-refractivity contribution >= 4 is 11.6 Å². The Kier molecular flexibility index (Phi) is 8.11. The molecule has 6 nitrogen and oxygen atoms in total. The molecule has 0 saturated carbocycles. The zero-order chi connectivity index (χ0) is 21.3. The SMILES string of the molecule is COc1cc(C(=O)Nc2ccc(CN3CCOCC3)cc2)ccc1OCCC(C)C. The first-order valence-corrected chi connectivity index (χ1v) is 10.6. The Morgan fingerprint density at radius 3 is 2.50 bits per heavy atom. The summed E-state index contributed by atoms with van der Waals surface area (Å²) in [7, 11) is 1.58. The second kappa shape index (κ2) is 11.0. The number of carbonyl (C=O) groups is 1. The average Bonchev–Trinajstić information content (AvgIpc) is 2.75. The summed E-state index contributed by atoms with van der Waals surface area (Å²) in [6.45, 7) is 9.32. The highest BCUT2D eigenvalue weighted by Crippen LogP contribution is 2.29. The summed E-state index contributed by atoms with van der Waals surface area (Å²) in [6.07, 6.45) is 0.965. The average molecular weight is 413 g/mol. The van der Waals surface area contributed by atoms with Crippen LogP contribution in [0.15, 0.2) is 42.5 Å². The molecular formula is C24H32N2O4. The molecule has 162 valence electrons. The van der Waals surface area contributed by atoms with Crippen molar-refractivity contribution in [2.75, 3.05) is 45.3 Å². The van der Waals surface area contributed by atoms with Crippen LogP contribution in [0.4, 0.5) is 5.69 Å². The molecule has 30 heavy (non-hydrogen) atoms. The highest BCUT2D eigenvalue weighted by atomic mass is 16.5. The van der Waals surface area contributed by atoms with E-state index < -0.39 is 0 Å². The minimum Gasteiger partial charge on any atom is -0.493 e. The second-order valence-electron chi connectivity index (χ2n) is 7.94. The van der Waals surface area contributed by atoms with E-state index in [0.717, 1.165) is 45.0 Å². The van der Waals surface area contributed by atoms with Gasteiger partial charge in [-0.15, -0.1) is 0 Å². The first kappa shape index (κ1) is 22.1. The molecule has 1 fully saturated rings. The molecule has 0 aliphatic carbocycles. The van der Waals surface area contributed by atoms with Crippen LogP contribution >= 0.6 is 0 Å². The van der Waals surface area contributed by atoms with Crippen molar-refractivity contribution in [3.63, 3.8) is 0 Å². The number of benzene rings is 2. The molecule has 3 rings (SSSR count). The Labute approximate surface area is 179 Å². The normalized spacial score (nSPS) is 14.5. The van der Waals surface area contributed by atoms with Crippen molar-refractivity contribution in [3.8, 4) is 11.5 Å². The van der Waals surface area contributed by atoms with E-state index in [9.17, 15) is 4.79 Å². The molecule has 1 heterocycles. The van der Waals surface area contributed by atoms with Gasteiger partial charge in [-0.1, -0.05) is 26.0 Å². The zero-order valence-electron chi connectivity index (χ0n) is 18.1. The predicted octanol–water partition coefficient (Wildman–Crippen LogP) is 4.20. The van der Waals surface area contributed by atoms with Gasteiger partial charge >= 0.3 is 0 Å². The van der Waals surface area contributed by atoms with Crippen molar-refractivity contribution < 1.29 is 19.0 Å². The number of carbonyl (C=O) groups excluding carboxylic acids is 1. The Morgan fingerprint density at radius 1 is 1.10 bits per heavy atom. The molecule has 2 aromatic carbocycles. The van der Waals surface area contributed by atoms with Gasteiger partial charge in [0.2, 0.25) is 0 Å². The topological polar surface area (TPSA) is 60.0 Å². The lowest BCUT2D eigenvalue weighted by Crippen LogP contribution is -2.35. The van der Waals surface area contributed by atoms with Gasteiger partial charge in [-0.05, 0) is 48.2 Å². The fourth-order valence-corrected chi connectivity index (χ4v) is 3.25. The van der Waals surface area contributed by atoms with Gasteiger partial charge in [-0.3, -0.25) is 9.69 Å². The van der Waals surface area contributed by atoms with Gasteiger partial charge in [0.05, 0.1) is 26.9 Å². The molecule has 0 spiro atoms. The number of nitrogens with zero attached hydrogens (tertiary/aromatic N) is 1. The van der Waals surface area contributed by atoms with Crippen LogP contribution in [0.2, 0.25) is 0 Å². The second-order valence-corrected chi connectivity index (χ2v) is 7.94. The molecule has 0 atom stereocenters. The number of ether oxygens (including phenoxy) is 3. The van der Waals surface area contributed by atoms with Crippen LogP contribution in [0, 0.1) is 5.92 Å². The lowest BCUT2D eigenvalue weighted by Gasteiger charge is -2.26. The van der Waals surface area contributed by atoms with E-state index >= 15 is 0 Å². The molecule has 6 heteroatoms. The number of nitrogens with one attached hydrogen (secondary N) is 1. The Hall–Kier alpha value is -2.57. The van der Waals surface area contributed by atoms with Crippen molar-refractivity contribution in [1.29, 1.82) is 0 Å². The minimum atomic E-state index is -0.178. The molecule has 1 saturated heterocycles. The third-order valence-corrected chi connectivity index (χ3v) is 5.10. The Morgan fingerprint density at radius 2 is 1.83 bits per heavy atom. The van der Waals surface area contributed by atoms with Crippen LogP contribution in [0.25, 0.3) is 0 Å². The molecule has 1 aliphatic rings. The molecule has 0 bridgehead atoms. The van der Waals surface area contributed by atoms with E-state index in [1.807, 2.05) is 12.1 Å². The van der Waals surface area contributed by atoms with Crippen LogP contribution in [-0.2, 0) is 11.3 Å². The molecule has 1 N–H and O–H groups in total. The fraction of sp³-hybridized carbons (Fsp3) is 0.458. The first-order chi connectivity index (χ1) is 14.5. The smallest absolute Gasteiger partial charge is 0.255 e. The van der Waals surface area contributed by atoms with E-state index in [4.69, 9.17) is 14.2 Å². The summed E-state index contributed by atoms with van der Waals surface area (Å²) in [5.74, 6) is 1.61. The molecule has 0 aromatic heterocycles. The van der Waals surface area contributed by atoms with Crippen LogP contribution in [-0.4, -0.2) is 50.8 Å². The lowest BCUT2D eigenvalue weighted by atomic mass is 10.1. The number of amides is 1. The Bertz CT molecular complexity index is 814. The third-order valence-electron chi connectivity index (χ3n) is 5.10. The standard InChI is InChI=1S/C24H32N2O4/c1-18(2)10-13-30-22-9-6-20(16-23(22)28-3)24(27)25-21-7-4-19(5-8-21)17-26-11-14-29-15-12-26/h4-9,16,18H,10-15,17H2,1-3H3,(H,25,27).